The van der Waals surface area contributed by atoms with Crippen LogP contribution in [0.3, 0.4) is 0 Å². The Morgan fingerprint density at radius 1 is 0.403 bits per heavy atom. The van der Waals surface area contributed by atoms with Crippen LogP contribution in [0.2, 0.25) is 0 Å². The third-order valence-electron chi connectivity index (χ3n) is 10.4. The van der Waals surface area contributed by atoms with Gasteiger partial charge in [-0.15, -0.1) is 21.9 Å². The van der Waals surface area contributed by atoms with Crippen LogP contribution in [0.4, 0.5) is 87.8 Å². The van der Waals surface area contributed by atoms with Gasteiger partial charge in [0.2, 0.25) is 11.2 Å². The van der Waals surface area contributed by atoms with Crippen LogP contribution in [0.15, 0.2) is 73.3 Å². The quantitative estimate of drug-likeness (QED) is 0.0413. The molecule has 348 valence electrons. The summed E-state index contributed by atoms with van der Waals surface area (Å²) in [6, 6.07) is 21.7. The van der Waals surface area contributed by atoms with Gasteiger partial charge in [0, 0.05) is 23.1 Å². The summed E-state index contributed by atoms with van der Waals surface area (Å²) in [5.74, 6) is -72.4. The summed E-state index contributed by atoms with van der Waals surface area (Å²) in [5.41, 5.74) is -11.5. The summed E-state index contributed by atoms with van der Waals surface area (Å²) in [7, 11) is 0. The van der Waals surface area contributed by atoms with Crippen LogP contribution in [0.5, 0.6) is 0 Å². The van der Waals surface area contributed by atoms with Crippen molar-refractivity contribution >= 4 is 50.4 Å². The summed E-state index contributed by atoms with van der Waals surface area (Å²) in [5, 5.41) is 10.4. The molecule has 0 saturated carbocycles. The second-order valence-electron chi connectivity index (χ2n) is 13.9. The fourth-order valence-electron chi connectivity index (χ4n) is 7.45. The van der Waals surface area contributed by atoms with E-state index in [9.17, 15) is 62.6 Å². The van der Waals surface area contributed by atoms with Crippen molar-refractivity contribution in [3.8, 4) is 0 Å². The zero-order valence-corrected chi connectivity index (χ0v) is 32.2. The molecule has 7 rings (SSSR count). The van der Waals surface area contributed by atoms with E-state index in [0.29, 0.717) is 12.2 Å². The number of hydrogen-bond donors (Lipinski definition) is 1. The predicted molar refractivity (Wildman–Crippen MR) is 196 cm³/mol. The van der Waals surface area contributed by atoms with Crippen molar-refractivity contribution in [2.24, 2.45) is 0 Å². The van der Waals surface area contributed by atoms with E-state index in [4.69, 9.17) is 0 Å². The Morgan fingerprint density at radius 3 is 1.00 bits per heavy atom. The van der Waals surface area contributed by atoms with Crippen LogP contribution in [-0.4, -0.2) is 17.2 Å². The molecule has 0 fully saturated rings. The first-order chi connectivity index (χ1) is 31.4. The van der Waals surface area contributed by atoms with Gasteiger partial charge in [0.15, 0.2) is 76.4 Å². The maximum absolute atomic E-state index is 15.4. The smallest absolute Gasteiger partial charge is 0.341 e. The highest BCUT2D eigenvalue weighted by Gasteiger charge is 2.52. The highest BCUT2D eigenvalue weighted by atomic mass is 19.2. The van der Waals surface area contributed by atoms with E-state index >= 15 is 35.1 Å². The Kier molecular flexibility index (Phi) is 13.3. The molecule has 0 unspecified atom stereocenters. The molecule has 0 aliphatic heterocycles. The maximum Gasteiger partial charge on any atom is 0.341 e. The average molecular weight is 969 g/mol. The summed E-state index contributed by atoms with van der Waals surface area (Å²) >= 11 is 0. The first-order valence-corrected chi connectivity index (χ1v) is 18.0. The maximum atomic E-state index is 15.4. The van der Waals surface area contributed by atoms with Crippen molar-refractivity contribution in [2.45, 2.75) is 6.54 Å². The molecule has 0 radical (unpaired) electrons. The number of nitrogens with zero attached hydrogens (tertiary/aromatic N) is 1. The third kappa shape index (κ3) is 7.66. The monoisotopic (exact) mass is 969 g/mol. The molecule has 0 aliphatic rings. The molecule has 6 aromatic carbocycles. The van der Waals surface area contributed by atoms with Crippen LogP contribution in [0, 0.1) is 116 Å². The predicted octanol–water partition coefficient (Wildman–Crippen LogP) is 9.12. The first kappa shape index (κ1) is 49.0. The van der Waals surface area contributed by atoms with Crippen molar-refractivity contribution < 1.29 is 102 Å². The fourth-order valence-corrected chi connectivity index (χ4v) is 7.45. The van der Waals surface area contributed by atoms with Crippen molar-refractivity contribution in [3.63, 3.8) is 0 Å². The highest BCUT2D eigenvalue weighted by molar-refractivity contribution is 7.20. The number of aliphatic carboxylic acids is 1. The van der Waals surface area contributed by atoms with Gasteiger partial charge in [0.25, 0.3) is 0 Å². The van der Waals surface area contributed by atoms with E-state index in [1.54, 1.807) is 0 Å². The highest BCUT2D eigenvalue weighted by Crippen LogP contribution is 2.31. The van der Waals surface area contributed by atoms with Gasteiger partial charge >= 0.3 is 5.97 Å². The lowest BCUT2D eigenvalue weighted by Gasteiger charge is -2.44. The largest absolute Gasteiger partial charge is 0.477 e. The van der Waals surface area contributed by atoms with Crippen LogP contribution < -0.4 is 26.4 Å². The number of para-hydroxylation sites is 1. The van der Waals surface area contributed by atoms with Crippen molar-refractivity contribution in [1.82, 2.24) is 0 Å². The molecule has 0 bridgehead atoms. The van der Waals surface area contributed by atoms with Gasteiger partial charge in [-0.05, 0) is 12.1 Å². The lowest BCUT2D eigenvalue weighted by atomic mass is 9.12. The number of fused-ring (bicyclic) bond motifs is 1. The molecule has 67 heavy (non-hydrogen) atoms. The lowest BCUT2D eigenvalue weighted by molar-refractivity contribution is -0.664. The van der Waals surface area contributed by atoms with E-state index in [1.165, 1.54) is 0 Å². The van der Waals surface area contributed by atoms with Gasteiger partial charge in [0.05, 0.1) is 0 Å². The third-order valence-corrected chi connectivity index (χ3v) is 10.4. The number of hydrogen-bond acceptors (Lipinski definition) is 1. The summed E-state index contributed by atoms with van der Waals surface area (Å²) in [6.07, 6.45) is -7.22. The number of carboxylic acids is 1. The number of pyridine rings is 1. The van der Waals surface area contributed by atoms with E-state index < -0.39 is 150 Å². The number of carboxylic acid groups (broad SMARTS) is 1. The molecule has 0 saturated heterocycles. The second kappa shape index (κ2) is 18.1. The molecule has 3 nitrogen and oxygen atoms in total. The topological polar surface area (TPSA) is 41.2 Å². The van der Waals surface area contributed by atoms with Gasteiger partial charge in [0.1, 0.15) is 58.3 Å². The number of aromatic nitrogens is 1. The number of carbonyl (C=O) groups is 1. The average Bonchev–Trinajstić information content (AvgIpc) is 3.31. The molecule has 0 atom stereocenters. The first-order valence-electron chi connectivity index (χ1n) is 18.0. The van der Waals surface area contributed by atoms with Crippen LogP contribution in [0.1, 0.15) is 11.3 Å². The Bertz CT molecular complexity index is 2840. The number of halogens is 20. The summed E-state index contributed by atoms with van der Waals surface area (Å²) in [6.45, 7) is 4.31. The number of rotatable bonds is 8. The molecule has 1 N–H and O–H groups in total. The molecule has 1 heterocycles. The molecule has 1 aromatic heterocycles. The van der Waals surface area contributed by atoms with Crippen LogP contribution in [-0.2, 0) is 11.3 Å². The van der Waals surface area contributed by atoms with Crippen LogP contribution in [0.25, 0.3) is 16.5 Å². The Balaban J connectivity index is 0.000000279. The summed E-state index contributed by atoms with van der Waals surface area (Å²) in [4.78, 5) is 11.3. The number of benzene rings is 6. The molecular weight excluding hydrogens is 953 g/mol. The second-order valence-corrected chi connectivity index (χ2v) is 13.9. The van der Waals surface area contributed by atoms with E-state index in [0.717, 1.165) is 16.5 Å². The van der Waals surface area contributed by atoms with Gasteiger partial charge in [-0.2, -0.15) is 4.57 Å². The summed E-state index contributed by atoms with van der Waals surface area (Å²) < 4.78 is 296. The molecule has 0 aliphatic carbocycles. The van der Waals surface area contributed by atoms with Gasteiger partial charge in [-0.1, -0.05) is 49.0 Å². The van der Waals surface area contributed by atoms with Gasteiger partial charge in [-0.3, -0.25) is 0 Å². The van der Waals surface area contributed by atoms with Crippen LogP contribution >= 0.6 is 0 Å². The Labute approximate surface area is 360 Å². The molecular formula is C43H16BF20NO2. The van der Waals surface area contributed by atoms with Crippen molar-refractivity contribution in [1.29, 1.82) is 0 Å². The Morgan fingerprint density at radius 2 is 0.687 bits per heavy atom. The normalized spacial score (nSPS) is 11.5. The Hall–Kier alpha value is -7.40. The van der Waals surface area contributed by atoms with E-state index in [1.807, 2.05) is 71.3 Å². The lowest BCUT2D eigenvalue weighted by Crippen LogP contribution is -2.81. The van der Waals surface area contributed by atoms with E-state index in [-0.39, 0.29) is 5.57 Å². The fraction of sp³-hybridized carbons (Fsp3) is 0.0233. The van der Waals surface area contributed by atoms with Crippen molar-refractivity contribution in [3.05, 3.63) is 201 Å². The van der Waals surface area contributed by atoms with Gasteiger partial charge in [-0.25, -0.2) is 92.6 Å². The minimum Gasteiger partial charge on any atom is -0.477 e. The molecule has 24 heteroatoms. The molecule has 0 spiro atoms. The molecule has 0 amide bonds. The molecule has 7 aromatic rings. The standard InChI is InChI=1S/C24BF20.C19H15NO2/c26-5-1(6(27)14(35)21(42)13(5)34)25(2-7(28)15(36)22(43)16(37)8(2)29,3-9(30)17(38)23(44)18(39)10(3)31)4-11(32)19(40)24(45)20(41)12(4)33;1-14(19(21)22)17-12-11-16-9-5-6-10-18(16)20(17)13-15-7-3-2-4-8-15/h;2-12H,1,13H2/q-1;/p+1. The zero-order valence-electron chi connectivity index (χ0n) is 32.2. The SMILES string of the molecule is C=C(C(=O)O)c1ccc2ccccc2[n+]1Cc1ccccc1.Fc1c(F)c(F)c([B-](c2c(F)c(F)c(F)c(F)c2F)(c2c(F)c(F)c(F)c(F)c2F)c2c(F)c(F)c(F)c(F)c2F)c(F)c1F. The minimum absolute atomic E-state index is 0.0988. The minimum atomic E-state index is -7.22. The zero-order chi connectivity index (χ0) is 49.9. The van der Waals surface area contributed by atoms with Gasteiger partial charge < -0.3 is 5.11 Å². The van der Waals surface area contributed by atoms with Crippen molar-refractivity contribution in [2.75, 3.05) is 0 Å². The van der Waals surface area contributed by atoms with E-state index in [2.05, 4.69) is 6.58 Å².